The Morgan fingerprint density at radius 1 is 0.961 bits per heavy atom. The number of piperidine rings is 3. The number of hydrogen-bond acceptors (Lipinski definition) is 9. The van der Waals surface area contributed by atoms with Crippen LogP contribution >= 0.6 is 0 Å². The number of unbranched alkanes of at least 4 members (excludes halogenated alkanes) is 2. The molecule has 1 aliphatic carbocycles. The topological polar surface area (TPSA) is 153 Å². The van der Waals surface area contributed by atoms with Crippen LogP contribution < -0.4 is 20.9 Å². The fourth-order valence-corrected chi connectivity index (χ4v) is 7.83. The highest BCUT2D eigenvalue weighted by Crippen LogP contribution is 2.35. The van der Waals surface area contributed by atoms with Crippen molar-refractivity contribution in [2.75, 3.05) is 39.3 Å². The number of H-pyrrole nitrogens is 1. The average Bonchev–Trinajstić information content (AvgIpc) is 3.53. The Morgan fingerprint density at radius 2 is 1.75 bits per heavy atom. The maximum absolute atomic E-state index is 13.9. The molecule has 51 heavy (non-hydrogen) atoms. The van der Waals surface area contributed by atoms with Gasteiger partial charge in [0.15, 0.2) is 0 Å². The molecule has 4 aliphatic rings. The molecule has 4 heterocycles. The van der Waals surface area contributed by atoms with Crippen LogP contribution in [0.3, 0.4) is 0 Å². The molecule has 3 fully saturated rings. The van der Waals surface area contributed by atoms with Crippen LogP contribution in [0.15, 0.2) is 77.6 Å². The third kappa shape index (κ3) is 7.80. The first-order chi connectivity index (χ1) is 24.8. The number of rotatable bonds is 14. The number of nitrogens with one attached hydrogen (secondary N) is 3. The minimum atomic E-state index is -1.16. The van der Waals surface area contributed by atoms with Crippen LogP contribution in [0.5, 0.6) is 11.5 Å². The fourth-order valence-electron chi connectivity index (χ4n) is 7.83. The third-order valence-electron chi connectivity index (χ3n) is 10.7. The SMILES string of the molecule is O=C(NC1(C(=O)OC2CN3CCC2CC3)Cc2ccccc2C1)c1cccc(OCCCCCNCC(O)c2ccc(O)c3[nH]c(=O)ccc23)c1. The number of pyridine rings is 1. The number of fused-ring (bicyclic) bond motifs is 5. The Labute approximate surface area is 297 Å². The molecule has 2 unspecified atom stereocenters. The molecule has 3 saturated heterocycles. The van der Waals surface area contributed by atoms with Gasteiger partial charge in [-0.2, -0.15) is 0 Å². The van der Waals surface area contributed by atoms with Gasteiger partial charge in [0.2, 0.25) is 5.56 Å². The summed E-state index contributed by atoms with van der Waals surface area (Å²) in [5.41, 5.74) is 1.99. The number of aromatic hydroxyl groups is 1. The lowest BCUT2D eigenvalue weighted by atomic mass is 9.85. The molecule has 0 spiro atoms. The molecule has 1 amide bonds. The van der Waals surface area contributed by atoms with E-state index in [0.717, 1.165) is 62.9 Å². The first kappa shape index (κ1) is 34.7. The lowest BCUT2D eigenvalue weighted by Gasteiger charge is -2.44. The number of esters is 1. The largest absolute Gasteiger partial charge is 0.506 e. The summed E-state index contributed by atoms with van der Waals surface area (Å²) in [6.07, 6.45) is 4.51. The second-order valence-corrected chi connectivity index (χ2v) is 14.2. The number of nitrogens with zero attached hydrogens (tertiary/aromatic N) is 1. The molecule has 2 bridgehead atoms. The van der Waals surface area contributed by atoms with Gasteiger partial charge in [-0.15, -0.1) is 0 Å². The van der Waals surface area contributed by atoms with Crippen molar-refractivity contribution in [1.29, 1.82) is 0 Å². The molecule has 2 atom stereocenters. The number of aromatic amines is 1. The van der Waals surface area contributed by atoms with Gasteiger partial charge >= 0.3 is 5.97 Å². The molecule has 11 heteroatoms. The van der Waals surface area contributed by atoms with Crippen LogP contribution in [0.1, 0.15) is 65.3 Å². The number of ether oxygens (including phenoxy) is 2. The first-order valence-electron chi connectivity index (χ1n) is 18.1. The maximum atomic E-state index is 13.9. The Bertz CT molecular complexity index is 1910. The Kier molecular flexibility index (Phi) is 10.4. The van der Waals surface area contributed by atoms with Crippen molar-refractivity contribution in [2.45, 2.75) is 62.7 Å². The van der Waals surface area contributed by atoms with Crippen molar-refractivity contribution in [1.82, 2.24) is 20.5 Å². The van der Waals surface area contributed by atoms with E-state index in [9.17, 15) is 24.6 Å². The lowest BCUT2D eigenvalue weighted by Crippen LogP contribution is -2.59. The number of aromatic nitrogens is 1. The van der Waals surface area contributed by atoms with E-state index >= 15 is 0 Å². The Morgan fingerprint density at radius 3 is 2.49 bits per heavy atom. The number of phenolic OH excluding ortho intramolecular Hbond substituents is 1. The average molecular weight is 695 g/mol. The van der Waals surface area contributed by atoms with E-state index in [2.05, 4.69) is 20.5 Å². The van der Waals surface area contributed by atoms with Crippen LogP contribution in [-0.2, 0) is 22.4 Å². The van der Waals surface area contributed by atoms with Gasteiger partial charge in [0.1, 0.15) is 23.1 Å². The number of carbonyl (C=O) groups is 2. The summed E-state index contributed by atoms with van der Waals surface area (Å²) in [7, 11) is 0. The van der Waals surface area contributed by atoms with Gasteiger partial charge in [0.25, 0.3) is 5.91 Å². The number of carbonyl (C=O) groups excluding carboxylic acids is 2. The monoisotopic (exact) mass is 694 g/mol. The zero-order valence-corrected chi connectivity index (χ0v) is 28.7. The van der Waals surface area contributed by atoms with Gasteiger partial charge < -0.3 is 35.3 Å². The maximum Gasteiger partial charge on any atom is 0.332 e. The van der Waals surface area contributed by atoms with E-state index in [1.54, 1.807) is 30.3 Å². The number of benzene rings is 3. The summed E-state index contributed by atoms with van der Waals surface area (Å²) in [6, 6.07) is 21.1. The fraction of sp³-hybridized carbons (Fsp3) is 0.425. The second-order valence-electron chi connectivity index (χ2n) is 14.2. The lowest BCUT2D eigenvalue weighted by molar-refractivity contribution is -0.166. The molecule has 5 N–H and O–H groups in total. The van der Waals surface area contributed by atoms with Gasteiger partial charge in [-0.3, -0.25) is 14.5 Å². The Hall–Kier alpha value is -4.71. The van der Waals surface area contributed by atoms with Crippen molar-refractivity contribution < 1.29 is 29.3 Å². The summed E-state index contributed by atoms with van der Waals surface area (Å²) in [6.45, 7) is 4.38. The van der Waals surface area contributed by atoms with Gasteiger partial charge in [-0.1, -0.05) is 36.4 Å². The highest BCUT2D eigenvalue weighted by molar-refractivity contribution is 5.99. The minimum absolute atomic E-state index is 0.0377. The molecule has 4 aromatic rings. The van der Waals surface area contributed by atoms with Gasteiger partial charge in [-0.25, -0.2) is 4.79 Å². The molecule has 3 aliphatic heterocycles. The van der Waals surface area contributed by atoms with Crippen molar-refractivity contribution in [2.24, 2.45) is 5.92 Å². The van der Waals surface area contributed by atoms with Crippen LogP contribution in [0, 0.1) is 5.92 Å². The summed E-state index contributed by atoms with van der Waals surface area (Å²) in [4.78, 5) is 44.3. The summed E-state index contributed by atoms with van der Waals surface area (Å²) in [5.74, 6) is 0.241. The van der Waals surface area contributed by atoms with E-state index < -0.39 is 11.6 Å². The molecule has 3 aromatic carbocycles. The van der Waals surface area contributed by atoms with Gasteiger partial charge in [0.05, 0.1) is 18.2 Å². The standard InChI is InChI=1S/C40H46N4O7/c45-33-13-11-31(32-12-14-36(47)42-37(32)33)34(46)24-41-17-4-1-5-20-50-30-10-6-9-27(21-30)38(48)43-40(22-28-7-2-3-8-29(28)23-40)39(49)51-35-25-44-18-15-26(35)16-19-44/h2-3,6-14,21,26,34-35,41,45-46H,1,4-5,15-20,22-25H2,(H,42,47)(H,43,48). The van der Waals surface area contributed by atoms with E-state index in [0.29, 0.717) is 66.2 Å². The number of hydrogen-bond donors (Lipinski definition) is 5. The van der Waals surface area contributed by atoms with E-state index in [1.807, 2.05) is 30.3 Å². The highest BCUT2D eigenvalue weighted by atomic mass is 16.5. The molecule has 1 aromatic heterocycles. The number of aliphatic hydroxyl groups is 1. The summed E-state index contributed by atoms with van der Waals surface area (Å²) >= 11 is 0. The van der Waals surface area contributed by atoms with Crippen molar-refractivity contribution in [3.63, 3.8) is 0 Å². The molecule has 11 nitrogen and oxygen atoms in total. The molecular formula is C40H46N4O7. The van der Waals surface area contributed by atoms with Crippen molar-refractivity contribution >= 4 is 22.8 Å². The van der Waals surface area contributed by atoms with Crippen molar-refractivity contribution in [3.05, 3.63) is 105 Å². The van der Waals surface area contributed by atoms with E-state index in [4.69, 9.17) is 9.47 Å². The predicted octanol–water partition coefficient (Wildman–Crippen LogP) is 4.01. The smallest absolute Gasteiger partial charge is 0.332 e. The zero-order chi connectivity index (χ0) is 35.4. The zero-order valence-electron chi connectivity index (χ0n) is 28.7. The Balaban J connectivity index is 0.879. The van der Waals surface area contributed by atoms with Crippen LogP contribution in [0.25, 0.3) is 10.9 Å². The summed E-state index contributed by atoms with van der Waals surface area (Å²) in [5, 5.41) is 27.8. The minimum Gasteiger partial charge on any atom is -0.506 e. The highest BCUT2D eigenvalue weighted by Gasteiger charge is 2.49. The first-order valence-corrected chi connectivity index (χ1v) is 18.1. The second kappa shape index (κ2) is 15.3. The number of phenols is 1. The van der Waals surface area contributed by atoms with Crippen LogP contribution in [-0.4, -0.2) is 82.9 Å². The van der Waals surface area contributed by atoms with Crippen LogP contribution in [0.2, 0.25) is 0 Å². The normalized spacial score (nSPS) is 20.8. The molecular weight excluding hydrogens is 648 g/mol. The van der Waals surface area contributed by atoms with Crippen molar-refractivity contribution in [3.8, 4) is 11.5 Å². The number of aliphatic hydroxyl groups excluding tert-OH is 1. The van der Waals surface area contributed by atoms with Crippen LogP contribution in [0.4, 0.5) is 0 Å². The third-order valence-corrected chi connectivity index (χ3v) is 10.7. The van der Waals surface area contributed by atoms with E-state index in [-0.39, 0.29) is 29.3 Å². The quantitative estimate of drug-likeness (QED) is 0.0974. The molecule has 0 radical (unpaired) electrons. The number of amides is 1. The predicted molar refractivity (Wildman–Crippen MR) is 193 cm³/mol. The molecule has 0 saturated carbocycles. The van der Waals surface area contributed by atoms with Gasteiger partial charge in [0, 0.05) is 42.9 Å². The van der Waals surface area contributed by atoms with E-state index in [1.165, 1.54) is 12.1 Å². The molecule has 8 rings (SSSR count). The summed E-state index contributed by atoms with van der Waals surface area (Å²) < 4.78 is 12.2. The molecule has 268 valence electrons. The van der Waals surface area contributed by atoms with Gasteiger partial charge in [-0.05, 0) is 105 Å².